The second-order valence-electron chi connectivity index (χ2n) is 1.33. The normalized spacial score (nSPS) is 9.25. The Kier molecular flexibility index (Phi) is 5.73. The Balaban J connectivity index is 2.82. The van der Waals surface area contributed by atoms with Gasteiger partial charge >= 0.3 is 0 Å². The summed E-state index contributed by atoms with van der Waals surface area (Å²) in [6.07, 6.45) is 1.10. The van der Waals surface area contributed by atoms with Gasteiger partial charge in [-0.3, -0.25) is 4.79 Å². The molecule has 1 atom stereocenters. The molecule has 0 bridgehead atoms. The van der Waals surface area contributed by atoms with Crippen molar-refractivity contribution in [2.24, 2.45) is 0 Å². The van der Waals surface area contributed by atoms with E-state index >= 15 is 0 Å². The van der Waals surface area contributed by atoms with Gasteiger partial charge in [0, 0.05) is 15.9 Å². The zero-order chi connectivity index (χ0) is 6.41. The zero-order valence-corrected chi connectivity index (χ0v) is 6.30. The van der Waals surface area contributed by atoms with Gasteiger partial charge in [-0.15, -0.1) is 0 Å². The number of hydrogen-bond acceptors (Lipinski definition) is 2. The Morgan fingerprint density at radius 3 is 2.75 bits per heavy atom. The topological polar surface area (TPSA) is 26.3 Å². The monoisotopic (exact) mass is 154 g/mol. The molecule has 0 radical (unpaired) electrons. The first kappa shape index (κ1) is 8.35. The minimum atomic E-state index is -0.299. The van der Waals surface area contributed by atoms with Gasteiger partial charge in [0.2, 0.25) is 5.24 Å². The molecule has 0 amide bonds. The molecule has 0 rings (SSSR count). The van der Waals surface area contributed by atoms with E-state index in [0.29, 0.717) is 19.4 Å². The zero-order valence-electron chi connectivity index (χ0n) is 4.39. The summed E-state index contributed by atoms with van der Waals surface area (Å²) in [5, 5.41) is -0.299. The largest absolute Gasteiger partial charge is 0.366 e. The lowest BCUT2D eigenvalue weighted by molar-refractivity contribution is -0.111. The lowest BCUT2D eigenvalue weighted by atomic mass is 10.3. The third kappa shape index (κ3) is 6.35. The Hall–Kier alpha value is 0.350. The Morgan fingerprint density at radius 1 is 1.75 bits per heavy atom. The van der Waals surface area contributed by atoms with Gasteiger partial charge < -0.3 is 4.52 Å². The standard InChI is InChI=1S/C4H8ClO2P/c5-4(6)2-1-3-7-8/h1-3,8H2. The number of halogens is 1. The molecule has 0 aromatic rings. The highest BCUT2D eigenvalue weighted by Gasteiger charge is 1.92. The maximum atomic E-state index is 10.0. The minimum absolute atomic E-state index is 0.299. The third-order valence-electron chi connectivity index (χ3n) is 0.636. The van der Waals surface area contributed by atoms with E-state index in [1.54, 1.807) is 0 Å². The molecule has 2 nitrogen and oxygen atoms in total. The van der Waals surface area contributed by atoms with Crippen LogP contribution in [0, 0.1) is 0 Å². The molecule has 48 valence electrons. The molecule has 0 aliphatic rings. The quantitative estimate of drug-likeness (QED) is 0.347. The maximum Gasteiger partial charge on any atom is 0.221 e. The van der Waals surface area contributed by atoms with Crippen molar-refractivity contribution in [3.63, 3.8) is 0 Å². The van der Waals surface area contributed by atoms with Gasteiger partial charge in [0.1, 0.15) is 0 Å². The molecule has 0 saturated heterocycles. The summed E-state index contributed by atoms with van der Waals surface area (Å²) >= 11 is 5.01. The molecule has 0 aromatic heterocycles. The van der Waals surface area contributed by atoms with E-state index in [1.807, 2.05) is 0 Å². The molecule has 0 aliphatic carbocycles. The maximum absolute atomic E-state index is 10.0. The van der Waals surface area contributed by atoms with Crippen LogP contribution in [0.1, 0.15) is 12.8 Å². The molecule has 0 saturated carbocycles. The highest BCUT2D eigenvalue weighted by molar-refractivity contribution is 7.09. The van der Waals surface area contributed by atoms with Crippen LogP contribution in [0.25, 0.3) is 0 Å². The van der Waals surface area contributed by atoms with E-state index in [1.165, 1.54) is 0 Å². The van der Waals surface area contributed by atoms with E-state index in [0.717, 1.165) is 0 Å². The third-order valence-corrected chi connectivity index (χ3v) is 1.06. The smallest absolute Gasteiger partial charge is 0.221 e. The predicted octanol–water partition coefficient (Wildman–Crippen LogP) is 1.34. The summed E-state index contributed by atoms with van der Waals surface area (Å²) in [5.74, 6) is 0. The molecule has 0 aromatic carbocycles. The lowest BCUT2D eigenvalue weighted by Crippen LogP contribution is -1.89. The van der Waals surface area contributed by atoms with Crippen LogP contribution in [-0.2, 0) is 9.32 Å². The molecular weight excluding hydrogens is 146 g/mol. The van der Waals surface area contributed by atoms with Crippen LogP contribution in [0.5, 0.6) is 0 Å². The Bertz CT molecular complexity index is 76.4. The van der Waals surface area contributed by atoms with Crippen molar-refractivity contribution in [2.45, 2.75) is 12.8 Å². The van der Waals surface area contributed by atoms with Crippen molar-refractivity contribution in [3.05, 3.63) is 0 Å². The fourth-order valence-corrected chi connectivity index (χ4v) is 0.595. The van der Waals surface area contributed by atoms with E-state index in [9.17, 15) is 4.79 Å². The van der Waals surface area contributed by atoms with Gasteiger partial charge in [0.25, 0.3) is 0 Å². The molecule has 0 spiro atoms. The first-order chi connectivity index (χ1) is 3.77. The van der Waals surface area contributed by atoms with E-state index < -0.39 is 0 Å². The number of carbonyl (C=O) groups excluding carboxylic acids is 1. The van der Waals surface area contributed by atoms with Crippen molar-refractivity contribution in [3.8, 4) is 0 Å². The highest BCUT2D eigenvalue weighted by atomic mass is 35.5. The second kappa shape index (κ2) is 5.49. The van der Waals surface area contributed by atoms with Gasteiger partial charge in [0.15, 0.2) is 0 Å². The Morgan fingerprint density at radius 2 is 2.38 bits per heavy atom. The van der Waals surface area contributed by atoms with Crippen LogP contribution in [0.15, 0.2) is 0 Å². The minimum Gasteiger partial charge on any atom is -0.366 e. The van der Waals surface area contributed by atoms with Crippen LogP contribution in [0.3, 0.4) is 0 Å². The van der Waals surface area contributed by atoms with Gasteiger partial charge in [-0.05, 0) is 18.0 Å². The van der Waals surface area contributed by atoms with Gasteiger partial charge in [0.05, 0.1) is 6.61 Å². The summed E-state index contributed by atoms with van der Waals surface area (Å²) in [5.41, 5.74) is 0. The van der Waals surface area contributed by atoms with Crippen molar-refractivity contribution >= 4 is 26.3 Å². The molecule has 8 heavy (non-hydrogen) atoms. The summed E-state index contributed by atoms with van der Waals surface area (Å²) < 4.78 is 4.60. The average Bonchev–Trinajstić information content (AvgIpc) is 1.66. The molecule has 1 unspecified atom stereocenters. The van der Waals surface area contributed by atoms with Crippen LogP contribution >= 0.6 is 21.1 Å². The first-order valence-corrected chi connectivity index (χ1v) is 3.12. The average molecular weight is 155 g/mol. The SMILES string of the molecule is O=C(Cl)CCCOP. The highest BCUT2D eigenvalue weighted by Crippen LogP contribution is 1.96. The number of rotatable bonds is 4. The molecule has 0 heterocycles. The summed E-state index contributed by atoms with van der Waals surface area (Å²) in [7, 11) is 2.11. The van der Waals surface area contributed by atoms with Crippen molar-refractivity contribution in [1.82, 2.24) is 0 Å². The van der Waals surface area contributed by atoms with Gasteiger partial charge in [-0.25, -0.2) is 0 Å². The number of carbonyl (C=O) groups is 1. The van der Waals surface area contributed by atoms with Crippen molar-refractivity contribution in [2.75, 3.05) is 6.61 Å². The van der Waals surface area contributed by atoms with E-state index in [4.69, 9.17) is 11.6 Å². The second-order valence-corrected chi connectivity index (χ2v) is 2.08. The first-order valence-electron chi connectivity index (χ1n) is 2.27. The Labute approximate surface area is 55.8 Å². The molecule has 4 heteroatoms. The van der Waals surface area contributed by atoms with Crippen molar-refractivity contribution in [1.29, 1.82) is 0 Å². The van der Waals surface area contributed by atoms with Gasteiger partial charge in [-0.2, -0.15) is 0 Å². The van der Waals surface area contributed by atoms with Crippen LogP contribution < -0.4 is 0 Å². The lowest BCUT2D eigenvalue weighted by Gasteiger charge is -1.91. The molecule has 0 N–H and O–H groups in total. The van der Waals surface area contributed by atoms with E-state index in [-0.39, 0.29) is 5.24 Å². The van der Waals surface area contributed by atoms with Crippen LogP contribution in [0.2, 0.25) is 0 Å². The van der Waals surface area contributed by atoms with Gasteiger partial charge in [-0.1, -0.05) is 0 Å². The van der Waals surface area contributed by atoms with Crippen molar-refractivity contribution < 1.29 is 9.32 Å². The molecular formula is C4H8ClO2P. The number of hydrogen-bond donors (Lipinski definition) is 0. The summed E-state index contributed by atoms with van der Waals surface area (Å²) in [6.45, 7) is 0.573. The molecule has 0 aliphatic heterocycles. The summed E-state index contributed by atoms with van der Waals surface area (Å²) in [6, 6.07) is 0. The fourth-order valence-electron chi connectivity index (χ4n) is 0.294. The fraction of sp³-hybridized carbons (Fsp3) is 0.750. The predicted molar refractivity (Wildman–Crippen MR) is 35.8 cm³/mol. The van der Waals surface area contributed by atoms with E-state index in [2.05, 4.69) is 14.0 Å². The summed E-state index contributed by atoms with van der Waals surface area (Å²) in [4.78, 5) is 10.0. The molecule has 0 fully saturated rings. The van der Waals surface area contributed by atoms with Crippen LogP contribution in [0.4, 0.5) is 0 Å². The van der Waals surface area contributed by atoms with Crippen LogP contribution in [-0.4, -0.2) is 11.8 Å².